The second-order valence-corrected chi connectivity index (χ2v) is 19.1. The first-order chi connectivity index (χ1) is 34.9. The van der Waals surface area contributed by atoms with Crippen LogP contribution in [0.15, 0.2) is 139 Å². The van der Waals surface area contributed by atoms with Crippen LogP contribution in [0.2, 0.25) is 0 Å². The van der Waals surface area contributed by atoms with Crippen LogP contribution in [0.1, 0.15) is 80.8 Å². The van der Waals surface area contributed by atoms with Gasteiger partial charge in [-0.15, -0.1) is 11.3 Å². The molecule has 72 heavy (non-hydrogen) atoms. The Kier molecular flexibility index (Phi) is 18.8. The lowest BCUT2D eigenvalue weighted by Crippen LogP contribution is -2.55. The van der Waals surface area contributed by atoms with Gasteiger partial charge in [0, 0.05) is 33.0 Å². The molecule has 3 N–H and O–H groups in total. The van der Waals surface area contributed by atoms with E-state index in [0.717, 1.165) is 39.2 Å². The van der Waals surface area contributed by atoms with Crippen LogP contribution in [0.4, 0.5) is 4.79 Å². The molecule has 13 nitrogen and oxygen atoms in total. The Morgan fingerprint density at radius 2 is 1.40 bits per heavy atom. The minimum absolute atomic E-state index is 0.00839. The number of aryl methyl sites for hydroxylation is 1. The Balaban J connectivity index is 0.800. The van der Waals surface area contributed by atoms with Crippen molar-refractivity contribution in [3.05, 3.63) is 167 Å². The van der Waals surface area contributed by atoms with E-state index >= 15 is 0 Å². The highest BCUT2D eigenvalue weighted by molar-refractivity contribution is 7.13. The topological polar surface area (TPSA) is 160 Å². The number of likely N-dealkylation sites (tertiary alicyclic amines) is 1. The molecule has 3 atom stereocenters. The van der Waals surface area contributed by atoms with Crippen LogP contribution in [-0.2, 0) is 20.9 Å². The number of ether oxygens (including phenoxy) is 3. The van der Waals surface area contributed by atoms with Crippen molar-refractivity contribution in [2.24, 2.45) is 5.92 Å². The van der Waals surface area contributed by atoms with Gasteiger partial charge in [-0.3, -0.25) is 14.4 Å². The van der Waals surface area contributed by atoms with E-state index in [2.05, 4.69) is 83.2 Å². The third-order valence-corrected chi connectivity index (χ3v) is 13.6. The van der Waals surface area contributed by atoms with Crippen LogP contribution >= 0.6 is 11.3 Å². The monoisotopic (exact) mass is 991 g/mol. The number of carbonyl (C=O) groups is 4. The van der Waals surface area contributed by atoms with Crippen molar-refractivity contribution >= 4 is 46.3 Å². The Morgan fingerprint density at radius 1 is 0.792 bits per heavy atom. The van der Waals surface area contributed by atoms with E-state index in [9.17, 15) is 24.3 Å². The van der Waals surface area contributed by atoms with Gasteiger partial charge in [-0.2, -0.15) is 0 Å². The zero-order valence-electron chi connectivity index (χ0n) is 41.7. The summed E-state index contributed by atoms with van der Waals surface area (Å²) >= 11 is 1.57. The fourth-order valence-electron chi connectivity index (χ4n) is 8.66. The average Bonchev–Trinajstić information content (AvgIpc) is 4.02. The van der Waals surface area contributed by atoms with Crippen molar-refractivity contribution in [1.29, 1.82) is 0 Å². The predicted molar refractivity (Wildman–Crippen MR) is 282 cm³/mol. The molecule has 1 aliphatic rings. The second-order valence-electron chi connectivity index (χ2n) is 18.2. The average molecular weight is 992 g/mol. The summed E-state index contributed by atoms with van der Waals surface area (Å²) in [4.78, 5) is 61.5. The Bertz CT molecular complexity index is 2750. The molecule has 0 radical (unpaired) electrons. The first kappa shape index (κ1) is 52.5. The number of β-amino-alcohol motifs (C(OH)–C–C–N with tert-alkyl or cyclic N) is 1. The van der Waals surface area contributed by atoms with E-state index in [-0.39, 0.29) is 50.3 Å². The SMILES string of the molecule is CC/C(=C(\c1ccccc1)c1ccc(OCCN(C)C(=O)Oc2ccc(OCCCCC(=O)N[C@H](C(=O)N3C[C@H](O)C[C@H]3C(=O)NCc3ccc(-c4scnc4C)cc3)C(C)C)cc2)cc1)c1ccccc1. The lowest BCUT2D eigenvalue weighted by molar-refractivity contribution is -0.142. The fraction of sp³-hybridized carbons (Fsp3) is 0.328. The summed E-state index contributed by atoms with van der Waals surface area (Å²) in [6.45, 7) is 9.04. The van der Waals surface area contributed by atoms with E-state index in [1.165, 1.54) is 26.5 Å². The normalized spacial score (nSPS) is 15.1. The smallest absolute Gasteiger partial charge is 0.415 e. The van der Waals surface area contributed by atoms with Crippen LogP contribution in [0.3, 0.4) is 0 Å². The zero-order valence-corrected chi connectivity index (χ0v) is 42.5. The van der Waals surface area contributed by atoms with E-state index in [1.807, 2.05) is 74.8 Å². The Morgan fingerprint density at radius 3 is 2.03 bits per heavy atom. The molecule has 4 amide bonds. The molecule has 6 aromatic rings. The Labute approximate surface area is 426 Å². The molecule has 1 saturated heterocycles. The number of nitrogens with zero attached hydrogens (tertiary/aromatic N) is 3. The maximum absolute atomic E-state index is 13.8. The van der Waals surface area contributed by atoms with Gasteiger partial charge in [0.05, 0.1) is 35.3 Å². The maximum atomic E-state index is 13.8. The van der Waals surface area contributed by atoms with Crippen LogP contribution in [-0.4, -0.2) is 95.2 Å². The van der Waals surface area contributed by atoms with Crippen molar-refractivity contribution in [3.8, 4) is 27.7 Å². The van der Waals surface area contributed by atoms with Gasteiger partial charge in [-0.25, -0.2) is 9.78 Å². The fourth-order valence-corrected chi connectivity index (χ4v) is 9.47. The number of unbranched alkanes of at least 4 members (excludes halogenated alkanes) is 1. The van der Waals surface area contributed by atoms with E-state index < -0.39 is 30.2 Å². The number of amides is 4. The summed E-state index contributed by atoms with van der Waals surface area (Å²) in [6.07, 6.45) is 0.884. The molecule has 2 heterocycles. The summed E-state index contributed by atoms with van der Waals surface area (Å²) in [7, 11) is 1.66. The van der Waals surface area contributed by atoms with Gasteiger partial charge in [0.1, 0.15) is 35.9 Å². The highest BCUT2D eigenvalue weighted by Crippen LogP contribution is 2.35. The third kappa shape index (κ3) is 14.2. The first-order valence-electron chi connectivity index (χ1n) is 24.7. The molecule has 14 heteroatoms. The molecule has 7 rings (SSSR count). The molecule has 0 unspecified atom stereocenters. The maximum Gasteiger partial charge on any atom is 0.415 e. The van der Waals surface area contributed by atoms with Gasteiger partial charge in [0.25, 0.3) is 0 Å². The molecular formula is C58H65N5O8S. The van der Waals surface area contributed by atoms with E-state index in [4.69, 9.17) is 14.2 Å². The molecule has 0 spiro atoms. The van der Waals surface area contributed by atoms with Crippen LogP contribution in [0.5, 0.6) is 17.2 Å². The van der Waals surface area contributed by atoms with Gasteiger partial charge < -0.3 is 39.8 Å². The lowest BCUT2D eigenvalue weighted by Gasteiger charge is -2.30. The van der Waals surface area contributed by atoms with Crippen LogP contribution < -0.4 is 24.8 Å². The number of carbonyl (C=O) groups excluding carboxylic acids is 4. The van der Waals surface area contributed by atoms with Gasteiger partial charge in [0.2, 0.25) is 17.7 Å². The quantitative estimate of drug-likeness (QED) is 0.0445. The van der Waals surface area contributed by atoms with Crippen molar-refractivity contribution in [1.82, 2.24) is 25.4 Å². The van der Waals surface area contributed by atoms with Gasteiger partial charge in [-0.1, -0.05) is 118 Å². The largest absolute Gasteiger partial charge is 0.494 e. The number of likely N-dealkylation sites (N-methyl/N-ethyl adjacent to an activating group) is 1. The second kappa shape index (κ2) is 25.7. The summed E-state index contributed by atoms with van der Waals surface area (Å²) in [6, 6.07) is 41.9. The number of hydrogen-bond donors (Lipinski definition) is 3. The predicted octanol–water partition coefficient (Wildman–Crippen LogP) is 9.97. The number of aliphatic hydroxyl groups excluding tert-OH is 1. The molecule has 376 valence electrons. The summed E-state index contributed by atoms with van der Waals surface area (Å²) < 4.78 is 17.5. The highest BCUT2D eigenvalue weighted by atomic mass is 32.1. The number of benzene rings is 5. The molecule has 1 aromatic heterocycles. The molecule has 0 saturated carbocycles. The van der Waals surface area contributed by atoms with Gasteiger partial charge in [0.15, 0.2) is 0 Å². The number of aromatic nitrogens is 1. The van der Waals surface area contributed by atoms with E-state index in [1.54, 1.807) is 42.6 Å². The number of hydrogen-bond acceptors (Lipinski definition) is 10. The highest BCUT2D eigenvalue weighted by Gasteiger charge is 2.42. The number of rotatable bonds is 22. The zero-order chi connectivity index (χ0) is 51.0. The van der Waals surface area contributed by atoms with E-state index in [0.29, 0.717) is 43.2 Å². The van der Waals surface area contributed by atoms with Gasteiger partial charge in [-0.05, 0) is 107 Å². The van der Waals surface area contributed by atoms with Crippen molar-refractivity contribution in [3.63, 3.8) is 0 Å². The third-order valence-electron chi connectivity index (χ3n) is 12.6. The van der Waals surface area contributed by atoms with Crippen molar-refractivity contribution in [2.75, 3.05) is 33.4 Å². The molecule has 0 bridgehead atoms. The number of allylic oxidation sites excluding steroid dienone is 1. The Hall–Kier alpha value is -7.29. The van der Waals surface area contributed by atoms with Crippen LogP contribution in [0.25, 0.3) is 21.6 Å². The molecule has 0 aliphatic carbocycles. The minimum atomic E-state index is -0.862. The number of thiazole rings is 1. The molecule has 1 aliphatic heterocycles. The molecular weight excluding hydrogens is 927 g/mol. The summed E-state index contributed by atoms with van der Waals surface area (Å²) in [5.41, 5.74) is 10.6. The number of nitrogens with one attached hydrogen (secondary N) is 2. The summed E-state index contributed by atoms with van der Waals surface area (Å²) in [5.74, 6) is 0.359. The molecule has 1 fully saturated rings. The van der Waals surface area contributed by atoms with Gasteiger partial charge >= 0.3 is 6.09 Å². The van der Waals surface area contributed by atoms with Crippen molar-refractivity contribution < 1.29 is 38.5 Å². The summed E-state index contributed by atoms with van der Waals surface area (Å²) in [5, 5.41) is 16.4. The number of aliphatic hydroxyl groups is 1. The molecule has 5 aromatic carbocycles. The standard InChI is InChI=1S/C58H65N5O8S/c1-6-50(42-15-9-7-10-16-42)53(43-17-11-8-12-18-43)44-24-26-47(27-25-44)70-34-32-62(5)58(68)71-49-30-28-48(29-31-49)69-33-14-13-19-52(65)61-54(39(2)3)57(67)63-37-46(64)35-51(63)56(66)59-36-41-20-22-45(23-21-41)55-40(4)60-38-72-55/h7-12,15-18,20-31,38-39,46,51,54,64H,6,13-14,19,32-37H2,1-5H3,(H,59,66)(H,61,65)/b53-50-/t46-,51+,54+/m1/s1. The minimum Gasteiger partial charge on any atom is -0.494 e. The van der Waals surface area contributed by atoms with Crippen molar-refractivity contribution in [2.45, 2.75) is 84.5 Å². The van der Waals surface area contributed by atoms with Crippen LogP contribution in [0, 0.1) is 12.8 Å². The lowest BCUT2D eigenvalue weighted by atomic mass is 9.88. The first-order valence-corrected chi connectivity index (χ1v) is 25.5.